The maximum atomic E-state index is 13.0. The number of urea groups is 1. The zero-order valence-corrected chi connectivity index (χ0v) is 15.5. The lowest BCUT2D eigenvalue weighted by atomic mass is 10.1. The second-order valence-corrected chi connectivity index (χ2v) is 6.73. The van der Waals surface area contributed by atoms with Gasteiger partial charge in [0.15, 0.2) is 0 Å². The van der Waals surface area contributed by atoms with E-state index in [1.54, 1.807) is 4.90 Å². The number of nitrogens with zero attached hydrogens (tertiary/aromatic N) is 3. The van der Waals surface area contributed by atoms with Crippen LogP contribution in [0, 0.1) is 6.92 Å². The molecule has 1 fully saturated rings. The number of carbonyl (C=O) groups is 1. The highest BCUT2D eigenvalue weighted by molar-refractivity contribution is 5.74. The van der Waals surface area contributed by atoms with E-state index in [0.717, 1.165) is 11.6 Å². The lowest BCUT2D eigenvalue weighted by Crippen LogP contribution is -2.48. The molecule has 2 heterocycles. The molecule has 0 spiro atoms. The number of benzene rings is 1. The smallest absolute Gasteiger partial charge is 0.356 e. The van der Waals surface area contributed by atoms with Crippen molar-refractivity contribution in [2.24, 2.45) is 0 Å². The Bertz CT molecular complexity index is 805. The Morgan fingerprint density at radius 2 is 1.86 bits per heavy atom. The highest BCUT2D eigenvalue weighted by Crippen LogP contribution is 2.30. The molecule has 1 aliphatic rings. The zero-order valence-electron chi connectivity index (χ0n) is 15.5. The first-order valence-electron chi connectivity index (χ1n) is 9.07. The molecule has 1 saturated heterocycles. The number of halogens is 3. The Balaban J connectivity index is 1.50. The summed E-state index contributed by atoms with van der Waals surface area (Å²) in [5.74, 6) is 0.358. The molecule has 0 saturated carbocycles. The van der Waals surface area contributed by atoms with Gasteiger partial charge in [-0.1, -0.05) is 30.3 Å². The van der Waals surface area contributed by atoms with Gasteiger partial charge in [-0.05, 0) is 25.3 Å². The summed E-state index contributed by atoms with van der Waals surface area (Å²) in [6.45, 7) is 2.91. The summed E-state index contributed by atoms with van der Waals surface area (Å²) < 4.78 is 38.9. The Morgan fingerprint density at radius 3 is 2.50 bits per heavy atom. The van der Waals surface area contributed by atoms with E-state index >= 15 is 0 Å². The minimum absolute atomic E-state index is 0.0305. The third-order valence-corrected chi connectivity index (χ3v) is 4.56. The molecule has 150 valence electrons. The van der Waals surface area contributed by atoms with Crippen molar-refractivity contribution in [1.82, 2.24) is 20.6 Å². The summed E-state index contributed by atoms with van der Waals surface area (Å²) in [4.78, 5) is 21.5. The molecule has 28 heavy (non-hydrogen) atoms. The van der Waals surface area contributed by atoms with E-state index < -0.39 is 11.9 Å². The quantitative estimate of drug-likeness (QED) is 0.837. The summed E-state index contributed by atoms with van der Waals surface area (Å²) in [5.41, 5.74) is 0.0719. The Labute approximate surface area is 161 Å². The van der Waals surface area contributed by atoms with E-state index in [2.05, 4.69) is 20.6 Å². The molecular weight excluding hydrogens is 371 g/mol. The molecule has 9 heteroatoms. The summed E-state index contributed by atoms with van der Waals surface area (Å²) in [6, 6.07) is 10.3. The van der Waals surface area contributed by atoms with Gasteiger partial charge in [0, 0.05) is 31.7 Å². The van der Waals surface area contributed by atoms with Crippen LogP contribution in [0.2, 0.25) is 0 Å². The molecule has 6 nitrogen and oxygen atoms in total. The van der Waals surface area contributed by atoms with Gasteiger partial charge in [-0.2, -0.15) is 13.2 Å². The van der Waals surface area contributed by atoms with Gasteiger partial charge in [0.25, 0.3) is 0 Å². The minimum atomic E-state index is -4.50. The van der Waals surface area contributed by atoms with Crippen LogP contribution >= 0.6 is 0 Å². The summed E-state index contributed by atoms with van der Waals surface area (Å²) in [6.07, 6.45) is -3.24. The number of anilines is 1. The first kappa shape index (κ1) is 19.9. The van der Waals surface area contributed by atoms with Crippen LogP contribution < -0.4 is 15.5 Å². The number of rotatable bonds is 4. The second-order valence-electron chi connectivity index (χ2n) is 6.73. The average Bonchev–Trinajstić information content (AvgIpc) is 2.67. The predicted molar refractivity (Wildman–Crippen MR) is 98.8 cm³/mol. The third kappa shape index (κ3) is 5.34. The molecule has 0 aliphatic carbocycles. The maximum absolute atomic E-state index is 13.0. The molecular formula is C19H22F3N5O. The van der Waals surface area contributed by atoms with E-state index in [1.807, 2.05) is 30.3 Å². The van der Waals surface area contributed by atoms with E-state index in [4.69, 9.17) is 0 Å². The topological polar surface area (TPSA) is 70.2 Å². The first-order chi connectivity index (χ1) is 13.3. The van der Waals surface area contributed by atoms with Crippen molar-refractivity contribution in [2.75, 3.05) is 18.0 Å². The van der Waals surface area contributed by atoms with Crippen molar-refractivity contribution in [1.29, 1.82) is 0 Å². The number of carbonyl (C=O) groups excluding carboxylic acids is 1. The number of hydrogen-bond donors (Lipinski definition) is 2. The average molecular weight is 393 g/mol. The van der Waals surface area contributed by atoms with Crippen molar-refractivity contribution >= 4 is 11.8 Å². The highest BCUT2D eigenvalue weighted by Gasteiger charge is 2.34. The van der Waals surface area contributed by atoms with E-state index in [0.29, 0.717) is 32.5 Å². The highest BCUT2D eigenvalue weighted by atomic mass is 19.4. The fourth-order valence-electron chi connectivity index (χ4n) is 3.13. The van der Waals surface area contributed by atoms with E-state index in [1.165, 1.54) is 6.92 Å². The second kappa shape index (κ2) is 8.45. The minimum Gasteiger partial charge on any atom is -0.356 e. The fraction of sp³-hybridized carbons (Fsp3) is 0.421. The monoisotopic (exact) mass is 393 g/mol. The first-order valence-corrected chi connectivity index (χ1v) is 9.07. The molecule has 3 rings (SSSR count). The van der Waals surface area contributed by atoms with Gasteiger partial charge >= 0.3 is 12.2 Å². The SMILES string of the molecule is Cc1nc(N2CCC(NC(=O)NCc3ccccc3)CC2)cc(C(F)(F)F)n1. The third-order valence-electron chi connectivity index (χ3n) is 4.56. The lowest BCUT2D eigenvalue weighted by molar-refractivity contribution is -0.141. The standard InChI is InChI=1S/C19H22F3N5O/c1-13-24-16(19(20,21)22)11-17(25-13)27-9-7-15(8-10-27)26-18(28)23-12-14-5-3-2-4-6-14/h2-6,11,15H,7-10,12H2,1H3,(H2,23,26,28). The number of nitrogens with one attached hydrogen (secondary N) is 2. The van der Waals surface area contributed by atoms with Crippen molar-refractivity contribution < 1.29 is 18.0 Å². The van der Waals surface area contributed by atoms with Crippen LogP contribution in [0.1, 0.15) is 29.9 Å². The Kier molecular flexibility index (Phi) is 6.01. The number of piperidine rings is 1. The van der Waals surface area contributed by atoms with Crippen LogP contribution in [0.5, 0.6) is 0 Å². The number of aryl methyl sites for hydroxylation is 1. The molecule has 0 unspecified atom stereocenters. The van der Waals surface area contributed by atoms with Crippen molar-refractivity contribution in [3.05, 3.63) is 53.5 Å². The van der Waals surface area contributed by atoms with Crippen LogP contribution in [-0.2, 0) is 12.7 Å². The molecule has 2 aromatic rings. The summed E-state index contributed by atoms with van der Waals surface area (Å²) >= 11 is 0. The molecule has 2 amide bonds. The molecule has 0 radical (unpaired) electrons. The van der Waals surface area contributed by atoms with Gasteiger partial charge in [-0.25, -0.2) is 14.8 Å². The number of hydrogen-bond acceptors (Lipinski definition) is 4. The number of amides is 2. The largest absolute Gasteiger partial charge is 0.433 e. The number of alkyl halides is 3. The van der Waals surface area contributed by atoms with Gasteiger partial charge in [-0.15, -0.1) is 0 Å². The maximum Gasteiger partial charge on any atom is 0.433 e. The molecule has 0 atom stereocenters. The van der Waals surface area contributed by atoms with Crippen molar-refractivity contribution in [2.45, 2.75) is 38.5 Å². The van der Waals surface area contributed by atoms with E-state index in [9.17, 15) is 18.0 Å². The van der Waals surface area contributed by atoms with Crippen molar-refractivity contribution in [3.8, 4) is 0 Å². The predicted octanol–water partition coefficient (Wildman–Crippen LogP) is 3.27. The summed E-state index contributed by atoms with van der Waals surface area (Å²) in [5, 5.41) is 5.73. The van der Waals surface area contributed by atoms with Crippen molar-refractivity contribution in [3.63, 3.8) is 0 Å². The van der Waals surface area contributed by atoms with Crippen LogP contribution in [0.3, 0.4) is 0 Å². The molecule has 1 aromatic carbocycles. The van der Waals surface area contributed by atoms with Gasteiger partial charge in [0.1, 0.15) is 17.3 Å². The zero-order chi connectivity index (χ0) is 20.1. The molecule has 1 aromatic heterocycles. The van der Waals surface area contributed by atoms with Crippen LogP contribution in [-0.4, -0.2) is 35.1 Å². The van der Waals surface area contributed by atoms with Crippen LogP contribution in [0.15, 0.2) is 36.4 Å². The normalized spacial score (nSPS) is 15.4. The number of aromatic nitrogens is 2. The van der Waals surface area contributed by atoms with Crippen LogP contribution in [0.4, 0.5) is 23.8 Å². The van der Waals surface area contributed by atoms with Gasteiger partial charge in [-0.3, -0.25) is 0 Å². The Morgan fingerprint density at radius 1 is 1.18 bits per heavy atom. The van der Waals surface area contributed by atoms with Gasteiger partial charge < -0.3 is 15.5 Å². The van der Waals surface area contributed by atoms with E-state index in [-0.39, 0.29) is 23.7 Å². The fourth-order valence-corrected chi connectivity index (χ4v) is 3.13. The lowest BCUT2D eigenvalue weighted by Gasteiger charge is -2.33. The van der Waals surface area contributed by atoms with Crippen LogP contribution in [0.25, 0.3) is 0 Å². The van der Waals surface area contributed by atoms with Gasteiger partial charge in [0.2, 0.25) is 0 Å². The molecule has 1 aliphatic heterocycles. The molecule has 0 bridgehead atoms. The summed E-state index contributed by atoms with van der Waals surface area (Å²) in [7, 11) is 0. The molecule has 2 N–H and O–H groups in total. The van der Waals surface area contributed by atoms with Gasteiger partial charge in [0.05, 0.1) is 0 Å². The Hall–Kier alpha value is -2.84.